The van der Waals surface area contributed by atoms with E-state index in [-0.39, 0.29) is 0 Å². The predicted octanol–water partition coefficient (Wildman–Crippen LogP) is 3.07. The lowest BCUT2D eigenvalue weighted by Gasteiger charge is -2.35. The Kier molecular flexibility index (Phi) is 4.20. The maximum absolute atomic E-state index is 11.3. The van der Waals surface area contributed by atoms with E-state index in [0.29, 0.717) is 5.92 Å². The van der Waals surface area contributed by atoms with Crippen molar-refractivity contribution >= 4 is 5.97 Å². The Bertz CT molecular complexity index is 275. The summed E-state index contributed by atoms with van der Waals surface area (Å²) in [6, 6.07) is 0. The van der Waals surface area contributed by atoms with Gasteiger partial charge >= 0.3 is 5.97 Å². The van der Waals surface area contributed by atoms with E-state index in [2.05, 4.69) is 18.8 Å². The first-order chi connectivity index (χ1) is 7.10. The molecule has 15 heavy (non-hydrogen) atoms. The van der Waals surface area contributed by atoms with Gasteiger partial charge in [0.2, 0.25) is 0 Å². The van der Waals surface area contributed by atoms with Gasteiger partial charge in [0.15, 0.2) is 0 Å². The van der Waals surface area contributed by atoms with Crippen molar-refractivity contribution in [1.82, 2.24) is 0 Å². The smallest absolute Gasteiger partial charge is 0.309 e. The normalized spacial score (nSPS) is 30.4. The second-order valence-electron chi connectivity index (χ2n) is 4.69. The number of aliphatic carboxylic acids is 1. The van der Waals surface area contributed by atoms with Gasteiger partial charge in [-0.05, 0) is 44.9 Å². The minimum Gasteiger partial charge on any atom is -0.481 e. The molecule has 1 aliphatic carbocycles. The molecule has 0 aromatic rings. The minimum absolute atomic E-state index is 0.476. The lowest BCUT2D eigenvalue weighted by molar-refractivity contribution is -0.152. The van der Waals surface area contributed by atoms with E-state index >= 15 is 0 Å². The highest BCUT2D eigenvalue weighted by Gasteiger charge is 2.40. The Labute approximate surface area is 92.1 Å². The molecule has 84 valence electrons. The fourth-order valence-corrected chi connectivity index (χ4v) is 2.31. The summed E-state index contributed by atoms with van der Waals surface area (Å²) in [5.74, 6) is 5.87. The zero-order chi connectivity index (χ0) is 11.3. The summed E-state index contributed by atoms with van der Waals surface area (Å²) in [5.41, 5.74) is -0.476. The van der Waals surface area contributed by atoms with Crippen molar-refractivity contribution in [3.63, 3.8) is 0 Å². The van der Waals surface area contributed by atoms with Crippen LogP contribution < -0.4 is 0 Å². The molecular formula is C13H20O2. The molecular weight excluding hydrogens is 188 g/mol. The molecule has 0 aromatic heterocycles. The van der Waals surface area contributed by atoms with E-state index in [1.54, 1.807) is 6.92 Å². The Hall–Kier alpha value is -0.970. The molecule has 2 nitrogen and oxygen atoms in total. The van der Waals surface area contributed by atoms with Gasteiger partial charge in [-0.1, -0.05) is 6.92 Å². The van der Waals surface area contributed by atoms with Gasteiger partial charge in [-0.3, -0.25) is 4.79 Å². The number of carboxylic acids is 1. The van der Waals surface area contributed by atoms with Crippen molar-refractivity contribution in [2.45, 2.75) is 52.4 Å². The van der Waals surface area contributed by atoms with Gasteiger partial charge in [0, 0.05) is 6.42 Å². The van der Waals surface area contributed by atoms with Crippen LogP contribution in [0.3, 0.4) is 0 Å². The Balaban J connectivity index is 2.61. The third-order valence-corrected chi connectivity index (χ3v) is 3.59. The number of rotatable bonds is 3. The molecule has 0 bridgehead atoms. The first-order valence-corrected chi connectivity index (χ1v) is 5.74. The van der Waals surface area contributed by atoms with E-state index in [4.69, 9.17) is 0 Å². The van der Waals surface area contributed by atoms with Crippen molar-refractivity contribution in [2.75, 3.05) is 0 Å². The first-order valence-electron chi connectivity index (χ1n) is 5.74. The van der Waals surface area contributed by atoms with Crippen LogP contribution in [0.5, 0.6) is 0 Å². The highest BCUT2D eigenvalue weighted by Crippen LogP contribution is 2.42. The third kappa shape index (κ3) is 2.99. The van der Waals surface area contributed by atoms with Gasteiger partial charge in [0.1, 0.15) is 0 Å². The quantitative estimate of drug-likeness (QED) is 0.724. The SMILES string of the molecule is CC#CCCC1(C(=O)O)CCC(C)CC1. The van der Waals surface area contributed by atoms with Gasteiger partial charge < -0.3 is 5.11 Å². The van der Waals surface area contributed by atoms with Crippen molar-refractivity contribution in [1.29, 1.82) is 0 Å². The summed E-state index contributed by atoms with van der Waals surface area (Å²) in [6.45, 7) is 4.01. The van der Waals surface area contributed by atoms with Crippen molar-refractivity contribution in [2.24, 2.45) is 11.3 Å². The largest absolute Gasteiger partial charge is 0.481 e. The molecule has 0 heterocycles. The first kappa shape index (κ1) is 12.1. The van der Waals surface area contributed by atoms with Crippen LogP contribution in [-0.2, 0) is 4.79 Å². The van der Waals surface area contributed by atoms with Gasteiger partial charge in [-0.15, -0.1) is 11.8 Å². The third-order valence-electron chi connectivity index (χ3n) is 3.59. The topological polar surface area (TPSA) is 37.3 Å². The second kappa shape index (κ2) is 5.21. The van der Waals surface area contributed by atoms with Gasteiger partial charge in [0.25, 0.3) is 0 Å². The van der Waals surface area contributed by atoms with Crippen LogP contribution in [0, 0.1) is 23.2 Å². The number of hydrogen-bond acceptors (Lipinski definition) is 1. The van der Waals surface area contributed by atoms with E-state index in [0.717, 1.165) is 38.5 Å². The van der Waals surface area contributed by atoms with Crippen molar-refractivity contribution in [3.8, 4) is 11.8 Å². The molecule has 1 saturated carbocycles. The maximum atomic E-state index is 11.3. The molecule has 0 saturated heterocycles. The van der Waals surface area contributed by atoms with Gasteiger partial charge in [-0.2, -0.15) is 0 Å². The molecule has 0 atom stereocenters. The van der Waals surface area contributed by atoms with Gasteiger partial charge in [-0.25, -0.2) is 0 Å². The highest BCUT2D eigenvalue weighted by molar-refractivity contribution is 5.74. The van der Waals surface area contributed by atoms with Crippen LogP contribution in [0.1, 0.15) is 52.4 Å². The van der Waals surface area contributed by atoms with Crippen LogP contribution in [0.4, 0.5) is 0 Å². The Morgan fingerprint density at radius 2 is 2.07 bits per heavy atom. The molecule has 1 N–H and O–H groups in total. The number of hydrogen-bond donors (Lipinski definition) is 1. The lowest BCUT2D eigenvalue weighted by Crippen LogP contribution is -2.34. The van der Waals surface area contributed by atoms with Crippen LogP contribution in [0.2, 0.25) is 0 Å². The van der Waals surface area contributed by atoms with E-state index in [1.807, 2.05) is 0 Å². The van der Waals surface area contributed by atoms with Crippen LogP contribution >= 0.6 is 0 Å². The summed E-state index contributed by atoms with van der Waals surface area (Å²) in [4.78, 5) is 11.3. The summed E-state index contributed by atoms with van der Waals surface area (Å²) < 4.78 is 0. The van der Waals surface area contributed by atoms with Crippen molar-refractivity contribution < 1.29 is 9.90 Å². The van der Waals surface area contributed by atoms with Crippen molar-refractivity contribution in [3.05, 3.63) is 0 Å². The fourth-order valence-electron chi connectivity index (χ4n) is 2.31. The molecule has 0 unspecified atom stereocenters. The second-order valence-corrected chi connectivity index (χ2v) is 4.69. The molecule has 0 aromatic carbocycles. The molecule has 1 rings (SSSR count). The van der Waals surface area contributed by atoms with Gasteiger partial charge in [0.05, 0.1) is 5.41 Å². The average molecular weight is 208 g/mol. The molecule has 0 spiro atoms. The lowest BCUT2D eigenvalue weighted by atomic mass is 9.68. The maximum Gasteiger partial charge on any atom is 0.309 e. The molecule has 0 amide bonds. The zero-order valence-corrected chi connectivity index (χ0v) is 9.68. The molecule has 0 aliphatic heterocycles. The van der Waals surface area contributed by atoms with Crippen LogP contribution in [0.25, 0.3) is 0 Å². The Morgan fingerprint density at radius 1 is 1.47 bits per heavy atom. The minimum atomic E-state index is -0.618. The summed E-state index contributed by atoms with van der Waals surface area (Å²) >= 11 is 0. The van der Waals surface area contributed by atoms with Crippen LogP contribution in [0.15, 0.2) is 0 Å². The highest BCUT2D eigenvalue weighted by atomic mass is 16.4. The number of carboxylic acid groups (broad SMARTS) is 1. The Morgan fingerprint density at radius 3 is 2.53 bits per heavy atom. The van der Waals surface area contributed by atoms with E-state index in [9.17, 15) is 9.90 Å². The summed E-state index contributed by atoms with van der Waals surface area (Å²) in [7, 11) is 0. The zero-order valence-electron chi connectivity index (χ0n) is 9.68. The molecule has 1 fully saturated rings. The molecule has 0 radical (unpaired) electrons. The predicted molar refractivity (Wildman–Crippen MR) is 60.4 cm³/mol. The van der Waals surface area contributed by atoms with Crippen LogP contribution in [-0.4, -0.2) is 11.1 Å². The standard InChI is InChI=1S/C13H20O2/c1-3-4-5-8-13(12(14)15)9-6-11(2)7-10-13/h11H,5-10H2,1-2H3,(H,14,15). The monoisotopic (exact) mass is 208 g/mol. The fraction of sp³-hybridized carbons (Fsp3) is 0.769. The summed E-state index contributed by atoms with van der Waals surface area (Å²) in [5, 5.41) is 9.33. The molecule has 1 aliphatic rings. The summed E-state index contributed by atoms with van der Waals surface area (Å²) in [6.07, 6.45) is 5.19. The van der Waals surface area contributed by atoms with E-state index in [1.165, 1.54) is 0 Å². The molecule has 2 heteroatoms. The van der Waals surface area contributed by atoms with E-state index < -0.39 is 11.4 Å². The number of carbonyl (C=O) groups is 1. The average Bonchev–Trinajstić information content (AvgIpc) is 2.21.